The molecule has 0 spiro atoms. The van der Waals surface area contributed by atoms with Gasteiger partial charge < -0.3 is 14.6 Å². The van der Waals surface area contributed by atoms with Crippen LogP contribution >= 0.6 is 0 Å². The van der Waals surface area contributed by atoms with E-state index in [-0.39, 0.29) is 5.91 Å². The van der Waals surface area contributed by atoms with Crippen molar-refractivity contribution in [2.75, 3.05) is 13.1 Å². The lowest BCUT2D eigenvalue weighted by molar-refractivity contribution is -0.141. The SMILES string of the molecule is O=C(O)[C@@H]1CCN(C(=O)c2cccn2CCc2ccccc2)C1. The molecule has 3 rings (SSSR count). The number of likely N-dealkylation sites (tertiary alicyclic amines) is 1. The molecule has 1 atom stereocenters. The molecule has 2 aromatic rings. The standard InChI is InChI=1S/C18H20N2O3/c21-17(20-12-9-15(13-20)18(22)23)16-7-4-10-19(16)11-8-14-5-2-1-3-6-14/h1-7,10,15H,8-9,11-13H2,(H,22,23)/t15-/m1/s1. The van der Waals surface area contributed by atoms with Crippen LogP contribution in [0.5, 0.6) is 0 Å². The maximum Gasteiger partial charge on any atom is 0.308 e. The van der Waals surface area contributed by atoms with Gasteiger partial charge in [0.2, 0.25) is 0 Å². The first-order chi connectivity index (χ1) is 11.1. The number of carbonyl (C=O) groups is 2. The molecule has 1 saturated heterocycles. The summed E-state index contributed by atoms with van der Waals surface area (Å²) in [5.74, 6) is -1.33. The van der Waals surface area contributed by atoms with Crippen molar-refractivity contribution in [3.05, 3.63) is 59.9 Å². The zero-order chi connectivity index (χ0) is 16.2. The Morgan fingerprint density at radius 2 is 1.91 bits per heavy atom. The number of amides is 1. The van der Waals surface area contributed by atoms with Crippen molar-refractivity contribution in [3.63, 3.8) is 0 Å². The Hall–Kier alpha value is -2.56. The number of carboxylic acid groups (broad SMARTS) is 1. The second-order valence-corrected chi connectivity index (χ2v) is 5.90. The molecular formula is C18H20N2O3. The number of aliphatic carboxylic acids is 1. The second-order valence-electron chi connectivity index (χ2n) is 5.90. The van der Waals surface area contributed by atoms with E-state index in [9.17, 15) is 9.59 Å². The number of carboxylic acids is 1. The minimum Gasteiger partial charge on any atom is -0.481 e. The zero-order valence-corrected chi connectivity index (χ0v) is 12.9. The summed E-state index contributed by atoms with van der Waals surface area (Å²) < 4.78 is 1.95. The van der Waals surface area contributed by atoms with E-state index < -0.39 is 11.9 Å². The highest BCUT2D eigenvalue weighted by Gasteiger charge is 2.32. The van der Waals surface area contributed by atoms with Crippen LogP contribution in [0.1, 0.15) is 22.5 Å². The zero-order valence-electron chi connectivity index (χ0n) is 12.9. The third-order valence-corrected chi connectivity index (χ3v) is 4.36. The number of hydrogen-bond acceptors (Lipinski definition) is 2. The Morgan fingerprint density at radius 3 is 2.61 bits per heavy atom. The molecule has 2 heterocycles. The fourth-order valence-corrected chi connectivity index (χ4v) is 3.01. The quantitative estimate of drug-likeness (QED) is 0.921. The number of carbonyl (C=O) groups excluding carboxylic acids is 1. The number of nitrogens with zero attached hydrogens (tertiary/aromatic N) is 2. The summed E-state index contributed by atoms with van der Waals surface area (Å²) in [6.45, 7) is 1.55. The van der Waals surface area contributed by atoms with Crippen LogP contribution in [0.15, 0.2) is 48.7 Å². The third kappa shape index (κ3) is 3.44. The van der Waals surface area contributed by atoms with Crippen LogP contribution in [0.25, 0.3) is 0 Å². The summed E-state index contributed by atoms with van der Waals surface area (Å²) >= 11 is 0. The van der Waals surface area contributed by atoms with E-state index in [4.69, 9.17) is 5.11 Å². The lowest BCUT2D eigenvalue weighted by Gasteiger charge is -2.17. The summed E-state index contributed by atoms with van der Waals surface area (Å²) in [4.78, 5) is 25.3. The Kier molecular flexibility index (Phi) is 4.46. The topological polar surface area (TPSA) is 62.5 Å². The van der Waals surface area contributed by atoms with Crippen molar-refractivity contribution >= 4 is 11.9 Å². The molecule has 120 valence electrons. The van der Waals surface area contributed by atoms with E-state index in [0.29, 0.717) is 25.2 Å². The van der Waals surface area contributed by atoms with Crippen molar-refractivity contribution in [1.29, 1.82) is 0 Å². The van der Waals surface area contributed by atoms with Crippen LogP contribution in [0, 0.1) is 5.92 Å². The van der Waals surface area contributed by atoms with Crippen LogP contribution in [-0.2, 0) is 17.8 Å². The highest BCUT2D eigenvalue weighted by Crippen LogP contribution is 2.19. The summed E-state index contributed by atoms with van der Waals surface area (Å²) in [7, 11) is 0. The van der Waals surface area contributed by atoms with Gasteiger partial charge in [0, 0.05) is 25.8 Å². The highest BCUT2D eigenvalue weighted by atomic mass is 16.4. The Bertz CT molecular complexity index is 693. The largest absolute Gasteiger partial charge is 0.481 e. The third-order valence-electron chi connectivity index (χ3n) is 4.36. The van der Waals surface area contributed by atoms with Crippen molar-refractivity contribution in [2.45, 2.75) is 19.4 Å². The number of aromatic nitrogens is 1. The van der Waals surface area contributed by atoms with Gasteiger partial charge in [0.25, 0.3) is 5.91 Å². The van der Waals surface area contributed by atoms with Crippen molar-refractivity contribution < 1.29 is 14.7 Å². The molecule has 5 nitrogen and oxygen atoms in total. The van der Waals surface area contributed by atoms with Gasteiger partial charge in [-0.2, -0.15) is 0 Å². The van der Waals surface area contributed by atoms with Gasteiger partial charge in [-0.3, -0.25) is 9.59 Å². The monoisotopic (exact) mass is 312 g/mol. The average molecular weight is 312 g/mol. The number of benzene rings is 1. The van der Waals surface area contributed by atoms with E-state index in [0.717, 1.165) is 13.0 Å². The molecule has 23 heavy (non-hydrogen) atoms. The van der Waals surface area contributed by atoms with E-state index in [1.54, 1.807) is 11.0 Å². The van der Waals surface area contributed by atoms with Gasteiger partial charge in [0.15, 0.2) is 0 Å². The Balaban J connectivity index is 1.66. The van der Waals surface area contributed by atoms with E-state index in [2.05, 4.69) is 12.1 Å². The lowest BCUT2D eigenvalue weighted by atomic mass is 10.1. The minimum atomic E-state index is -0.820. The summed E-state index contributed by atoms with van der Waals surface area (Å²) in [5, 5.41) is 9.07. The predicted molar refractivity (Wildman–Crippen MR) is 86.2 cm³/mol. The second kappa shape index (κ2) is 6.69. The van der Waals surface area contributed by atoms with Gasteiger partial charge in [-0.15, -0.1) is 0 Å². The number of aryl methyl sites for hydroxylation is 2. The van der Waals surface area contributed by atoms with Crippen molar-refractivity contribution in [3.8, 4) is 0 Å². The molecule has 0 bridgehead atoms. The number of rotatable bonds is 5. The Morgan fingerprint density at radius 1 is 1.13 bits per heavy atom. The molecule has 0 radical (unpaired) electrons. The van der Waals surface area contributed by atoms with Crippen LogP contribution in [-0.4, -0.2) is 39.5 Å². The summed E-state index contributed by atoms with van der Waals surface area (Å²) in [6, 6.07) is 13.8. The van der Waals surface area contributed by atoms with Crippen LogP contribution in [0.3, 0.4) is 0 Å². The van der Waals surface area contributed by atoms with Crippen LogP contribution in [0.2, 0.25) is 0 Å². The molecule has 0 unspecified atom stereocenters. The molecular weight excluding hydrogens is 292 g/mol. The van der Waals surface area contributed by atoms with Gasteiger partial charge in [-0.25, -0.2) is 0 Å². The fraction of sp³-hybridized carbons (Fsp3) is 0.333. The number of hydrogen-bond donors (Lipinski definition) is 1. The maximum absolute atomic E-state index is 12.6. The van der Waals surface area contributed by atoms with Gasteiger partial charge in [0.05, 0.1) is 5.92 Å². The molecule has 1 aliphatic rings. The highest BCUT2D eigenvalue weighted by molar-refractivity contribution is 5.93. The average Bonchev–Trinajstić information content (AvgIpc) is 3.22. The molecule has 1 fully saturated rings. The molecule has 0 aliphatic carbocycles. The first kappa shape index (κ1) is 15.3. The molecule has 5 heteroatoms. The first-order valence-corrected chi connectivity index (χ1v) is 7.86. The first-order valence-electron chi connectivity index (χ1n) is 7.86. The molecule has 1 N–H and O–H groups in total. The molecule has 1 aliphatic heterocycles. The molecule has 1 amide bonds. The smallest absolute Gasteiger partial charge is 0.308 e. The molecule has 1 aromatic carbocycles. The van der Waals surface area contributed by atoms with E-state index >= 15 is 0 Å². The van der Waals surface area contributed by atoms with Gasteiger partial charge in [-0.1, -0.05) is 30.3 Å². The van der Waals surface area contributed by atoms with Crippen molar-refractivity contribution in [2.24, 2.45) is 5.92 Å². The maximum atomic E-state index is 12.6. The predicted octanol–water partition coefficient (Wildman–Crippen LogP) is 2.28. The fourth-order valence-electron chi connectivity index (χ4n) is 3.01. The molecule has 1 aromatic heterocycles. The Labute approximate surface area is 135 Å². The van der Waals surface area contributed by atoms with Gasteiger partial charge in [0.1, 0.15) is 5.69 Å². The minimum absolute atomic E-state index is 0.0770. The van der Waals surface area contributed by atoms with E-state index in [1.807, 2.05) is 35.0 Å². The van der Waals surface area contributed by atoms with Crippen molar-refractivity contribution in [1.82, 2.24) is 9.47 Å². The summed E-state index contributed by atoms with van der Waals surface area (Å²) in [5.41, 5.74) is 1.86. The van der Waals surface area contributed by atoms with Gasteiger partial charge >= 0.3 is 5.97 Å². The van der Waals surface area contributed by atoms with E-state index in [1.165, 1.54) is 5.56 Å². The van der Waals surface area contributed by atoms with Gasteiger partial charge in [-0.05, 0) is 30.5 Å². The lowest BCUT2D eigenvalue weighted by Crippen LogP contribution is -2.31. The normalized spacial score (nSPS) is 17.4. The van der Waals surface area contributed by atoms with Crippen LogP contribution in [0.4, 0.5) is 0 Å². The molecule has 0 saturated carbocycles. The summed E-state index contributed by atoms with van der Waals surface area (Å²) in [6.07, 6.45) is 3.29. The van der Waals surface area contributed by atoms with Crippen LogP contribution < -0.4 is 0 Å².